The standard InChI is InChI=1S/C26H28FN3O5S/c27-26(16-28-17-26)11-22(18-4-2-1-3-5-18)25(31)29-12-19-14-30(15-20(19)13-29)36(32,33)21-6-7-23-24(10-21)35-9-8-34-23/h1-7,10,22,28H,8-9,11-17H2/t22-/m0/s1. The second-order valence-electron chi connectivity index (χ2n) is 9.90. The first-order valence-corrected chi connectivity index (χ1v) is 13.6. The first-order chi connectivity index (χ1) is 17.3. The van der Waals surface area contributed by atoms with Crippen molar-refractivity contribution in [3.05, 3.63) is 65.2 Å². The molecule has 1 amide bonds. The molecule has 0 radical (unpaired) electrons. The maximum atomic E-state index is 15.0. The zero-order chi connectivity index (χ0) is 24.9. The second kappa shape index (κ2) is 8.86. The Hall–Kier alpha value is -2.95. The van der Waals surface area contributed by atoms with E-state index in [1.54, 1.807) is 11.0 Å². The molecule has 4 heterocycles. The lowest BCUT2D eigenvalue weighted by Crippen LogP contribution is -2.57. The van der Waals surface area contributed by atoms with Gasteiger partial charge in [-0.3, -0.25) is 4.79 Å². The minimum Gasteiger partial charge on any atom is -0.486 e. The van der Waals surface area contributed by atoms with Crippen molar-refractivity contribution >= 4 is 15.9 Å². The van der Waals surface area contributed by atoms with Crippen LogP contribution in [0.4, 0.5) is 4.39 Å². The van der Waals surface area contributed by atoms with Gasteiger partial charge in [-0.05, 0) is 35.3 Å². The molecule has 1 fully saturated rings. The van der Waals surface area contributed by atoms with Crippen LogP contribution in [0.25, 0.3) is 0 Å². The molecule has 1 atom stereocenters. The van der Waals surface area contributed by atoms with E-state index in [1.807, 2.05) is 30.3 Å². The third-order valence-electron chi connectivity index (χ3n) is 7.41. The first kappa shape index (κ1) is 23.4. The van der Waals surface area contributed by atoms with Crippen molar-refractivity contribution in [1.82, 2.24) is 14.5 Å². The van der Waals surface area contributed by atoms with Crippen LogP contribution in [0.2, 0.25) is 0 Å². The fraction of sp³-hybridized carbons (Fsp3) is 0.423. The number of hydrogen-bond donors (Lipinski definition) is 1. The number of fused-ring (bicyclic) bond motifs is 1. The Morgan fingerprint density at radius 1 is 0.972 bits per heavy atom. The number of benzene rings is 2. The van der Waals surface area contributed by atoms with Crippen LogP contribution in [0, 0.1) is 0 Å². The zero-order valence-corrected chi connectivity index (χ0v) is 20.6. The second-order valence-corrected chi connectivity index (χ2v) is 11.8. The molecular weight excluding hydrogens is 485 g/mol. The molecule has 0 bridgehead atoms. The Kier molecular flexibility index (Phi) is 5.77. The summed E-state index contributed by atoms with van der Waals surface area (Å²) < 4.78 is 54.2. The lowest BCUT2D eigenvalue weighted by atomic mass is 9.83. The molecule has 0 saturated carbocycles. The van der Waals surface area contributed by atoms with Crippen molar-refractivity contribution in [2.75, 3.05) is 52.5 Å². The number of halogens is 1. The molecule has 2 aromatic carbocycles. The zero-order valence-electron chi connectivity index (χ0n) is 19.8. The fourth-order valence-corrected chi connectivity index (χ4v) is 6.81. The molecule has 4 aliphatic heterocycles. The van der Waals surface area contributed by atoms with Gasteiger partial charge < -0.3 is 19.7 Å². The highest BCUT2D eigenvalue weighted by atomic mass is 32.2. The van der Waals surface area contributed by atoms with Crippen LogP contribution in [0.1, 0.15) is 17.9 Å². The van der Waals surface area contributed by atoms with E-state index in [4.69, 9.17) is 9.47 Å². The van der Waals surface area contributed by atoms with E-state index >= 15 is 4.39 Å². The quantitative estimate of drug-likeness (QED) is 0.596. The molecule has 6 rings (SSSR count). The van der Waals surface area contributed by atoms with Crippen LogP contribution in [0.3, 0.4) is 0 Å². The van der Waals surface area contributed by atoms with E-state index in [0.29, 0.717) is 37.8 Å². The van der Waals surface area contributed by atoms with Crippen molar-refractivity contribution in [1.29, 1.82) is 0 Å². The number of hydrogen-bond acceptors (Lipinski definition) is 6. The Morgan fingerprint density at radius 3 is 2.28 bits per heavy atom. The summed E-state index contributed by atoms with van der Waals surface area (Å²) in [5, 5.41) is 2.96. The smallest absolute Gasteiger partial charge is 0.243 e. The highest BCUT2D eigenvalue weighted by Gasteiger charge is 2.44. The molecule has 0 aliphatic carbocycles. The van der Waals surface area contributed by atoms with Gasteiger partial charge >= 0.3 is 0 Å². The van der Waals surface area contributed by atoms with Gasteiger partial charge in [-0.1, -0.05) is 30.3 Å². The molecule has 4 aliphatic rings. The van der Waals surface area contributed by atoms with Crippen molar-refractivity contribution in [3.8, 4) is 11.5 Å². The largest absolute Gasteiger partial charge is 0.486 e. The molecule has 8 nitrogen and oxygen atoms in total. The van der Waals surface area contributed by atoms with Gasteiger partial charge in [-0.25, -0.2) is 12.8 Å². The molecule has 0 aromatic heterocycles. The summed E-state index contributed by atoms with van der Waals surface area (Å²) in [5.41, 5.74) is 1.30. The van der Waals surface area contributed by atoms with Crippen molar-refractivity contribution in [2.24, 2.45) is 0 Å². The number of carbonyl (C=O) groups excluding carboxylic acids is 1. The Morgan fingerprint density at radius 2 is 1.64 bits per heavy atom. The molecule has 2 aromatic rings. The molecule has 0 spiro atoms. The highest BCUT2D eigenvalue weighted by Crippen LogP contribution is 2.38. The predicted octanol–water partition coefficient (Wildman–Crippen LogP) is 2.09. The number of carbonyl (C=O) groups is 1. The minimum absolute atomic E-state index is 0.110. The van der Waals surface area contributed by atoms with Gasteiger partial charge in [0.05, 0.1) is 10.8 Å². The third-order valence-corrected chi connectivity index (χ3v) is 9.20. The molecule has 36 heavy (non-hydrogen) atoms. The monoisotopic (exact) mass is 513 g/mol. The van der Waals surface area contributed by atoms with Crippen molar-refractivity contribution in [2.45, 2.75) is 22.9 Å². The number of nitrogens with zero attached hydrogens (tertiary/aromatic N) is 2. The van der Waals surface area contributed by atoms with E-state index in [0.717, 1.165) is 16.7 Å². The fourth-order valence-electron chi connectivity index (χ4n) is 5.36. The molecule has 1 N–H and O–H groups in total. The van der Waals surface area contributed by atoms with Gasteiger partial charge in [-0.2, -0.15) is 4.31 Å². The number of sulfonamides is 1. The minimum atomic E-state index is -3.73. The van der Waals surface area contributed by atoms with E-state index < -0.39 is 21.6 Å². The molecule has 1 saturated heterocycles. The number of amides is 1. The topological polar surface area (TPSA) is 88.2 Å². The van der Waals surface area contributed by atoms with Gasteiger partial charge in [0.2, 0.25) is 15.9 Å². The normalized spacial score (nSPS) is 21.8. The van der Waals surface area contributed by atoms with Crippen molar-refractivity contribution < 1.29 is 27.1 Å². The summed E-state index contributed by atoms with van der Waals surface area (Å²) in [6, 6.07) is 14.0. The average Bonchev–Trinajstić information content (AvgIpc) is 3.46. The van der Waals surface area contributed by atoms with Crippen LogP contribution in [0.5, 0.6) is 11.5 Å². The number of ether oxygens (including phenoxy) is 2. The SMILES string of the molecule is O=C([C@@H](CC1(F)CNC1)c1ccccc1)N1CC2=C(C1)CN(S(=O)(=O)c1ccc3c(c1)OCCO3)C2. The van der Waals surface area contributed by atoms with Gasteiger partial charge in [0, 0.05) is 45.3 Å². The highest BCUT2D eigenvalue weighted by molar-refractivity contribution is 7.89. The Balaban J connectivity index is 1.15. The maximum absolute atomic E-state index is 15.0. The number of rotatable bonds is 6. The van der Waals surface area contributed by atoms with E-state index in [2.05, 4.69) is 5.32 Å². The molecule has 190 valence electrons. The van der Waals surface area contributed by atoms with E-state index in [-0.39, 0.29) is 43.4 Å². The summed E-state index contributed by atoms with van der Waals surface area (Å²) >= 11 is 0. The summed E-state index contributed by atoms with van der Waals surface area (Å²) in [4.78, 5) is 15.5. The van der Waals surface area contributed by atoms with E-state index in [1.165, 1.54) is 16.4 Å². The molecule has 0 unspecified atom stereocenters. The Labute approximate surface area is 209 Å². The number of nitrogens with one attached hydrogen (secondary N) is 1. The van der Waals surface area contributed by atoms with Gasteiger partial charge in [0.1, 0.15) is 18.9 Å². The van der Waals surface area contributed by atoms with Crippen LogP contribution >= 0.6 is 0 Å². The van der Waals surface area contributed by atoms with Crippen LogP contribution in [0.15, 0.2) is 64.6 Å². The predicted molar refractivity (Wildman–Crippen MR) is 130 cm³/mol. The average molecular weight is 514 g/mol. The molecule has 10 heteroatoms. The summed E-state index contributed by atoms with van der Waals surface area (Å²) in [6.45, 7) is 2.53. The number of alkyl halides is 1. The summed E-state index contributed by atoms with van der Waals surface area (Å²) in [6.07, 6.45) is 0.134. The van der Waals surface area contributed by atoms with Gasteiger partial charge in [0.25, 0.3) is 0 Å². The van der Waals surface area contributed by atoms with Gasteiger partial charge in [-0.15, -0.1) is 0 Å². The maximum Gasteiger partial charge on any atom is 0.243 e. The lowest BCUT2D eigenvalue weighted by molar-refractivity contribution is -0.133. The molecular formula is C26H28FN3O5S. The summed E-state index contributed by atoms with van der Waals surface area (Å²) in [5.74, 6) is 0.284. The van der Waals surface area contributed by atoms with Crippen LogP contribution < -0.4 is 14.8 Å². The Bertz CT molecular complexity index is 1310. The third kappa shape index (κ3) is 4.16. The van der Waals surface area contributed by atoms with E-state index in [9.17, 15) is 13.2 Å². The lowest BCUT2D eigenvalue weighted by Gasteiger charge is -2.38. The van der Waals surface area contributed by atoms with Crippen LogP contribution in [-0.2, 0) is 14.8 Å². The van der Waals surface area contributed by atoms with Gasteiger partial charge in [0.15, 0.2) is 11.5 Å². The van der Waals surface area contributed by atoms with Crippen LogP contribution in [-0.4, -0.2) is 81.7 Å². The summed E-state index contributed by atoms with van der Waals surface area (Å²) in [7, 11) is -3.73. The van der Waals surface area contributed by atoms with Crippen molar-refractivity contribution in [3.63, 3.8) is 0 Å². The first-order valence-electron chi connectivity index (χ1n) is 12.2.